The van der Waals surface area contributed by atoms with Gasteiger partial charge in [-0.05, 0) is 0 Å². The third-order valence-electron chi connectivity index (χ3n) is 0.977. The standard InChI is InChI=1S/C5H2F3NO3/c6-5(7,8)4(11)9-2-1-3(10)12-9/h1-2H. The Morgan fingerprint density at radius 3 is 2.42 bits per heavy atom. The zero-order valence-electron chi connectivity index (χ0n) is 5.46. The zero-order chi connectivity index (χ0) is 9.35. The topological polar surface area (TPSA) is 52.2 Å². The lowest BCUT2D eigenvalue weighted by atomic mass is 10.6. The Morgan fingerprint density at radius 2 is 2.08 bits per heavy atom. The van der Waals surface area contributed by atoms with Gasteiger partial charge < -0.3 is 4.52 Å². The second kappa shape index (κ2) is 2.50. The van der Waals surface area contributed by atoms with Crippen molar-refractivity contribution in [3.63, 3.8) is 0 Å². The van der Waals surface area contributed by atoms with Crippen molar-refractivity contribution in [2.45, 2.75) is 6.18 Å². The maximum atomic E-state index is 11.6. The molecule has 0 aliphatic carbocycles. The molecule has 1 heterocycles. The molecule has 0 saturated heterocycles. The van der Waals surface area contributed by atoms with Gasteiger partial charge in [0.1, 0.15) is 0 Å². The molecule has 0 N–H and O–H groups in total. The average Bonchev–Trinajstić information content (AvgIpc) is 2.32. The van der Waals surface area contributed by atoms with Crippen LogP contribution in [0.2, 0.25) is 0 Å². The fraction of sp³-hybridized carbons (Fsp3) is 0.200. The molecule has 7 heteroatoms. The summed E-state index contributed by atoms with van der Waals surface area (Å²) in [5, 5.41) is 0. The SMILES string of the molecule is O=C(n1ccc(=O)o1)C(F)(F)F. The van der Waals surface area contributed by atoms with Gasteiger partial charge in [0.2, 0.25) is 0 Å². The second-order valence-corrected chi connectivity index (χ2v) is 1.85. The largest absolute Gasteiger partial charge is 0.474 e. The van der Waals surface area contributed by atoms with Gasteiger partial charge >= 0.3 is 17.7 Å². The fourth-order valence-corrected chi connectivity index (χ4v) is 0.520. The van der Waals surface area contributed by atoms with Crippen LogP contribution in [-0.2, 0) is 0 Å². The number of hydrogen-bond acceptors (Lipinski definition) is 3. The summed E-state index contributed by atoms with van der Waals surface area (Å²) in [5.74, 6) is -2.23. The van der Waals surface area contributed by atoms with Gasteiger partial charge in [0.05, 0.1) is 6.20 Å². The number of carbonyl (C=O) groups is 1. The number of carbonyl (C=O) groups excluding carboxylic acids is 1. The molecular weight excluding hydrogens is 179 g/mol. The lowest BCUT2D eigenvalue weighted by Gasteiger charge is -2.01. The van der Waals surface area contributed by atoms with Crippen LogP contribution in [0.25, 0.3) is 0 Å². The summed E-state index contributed by atoms with van der Waals surface area (Å²) in [5.41, 5.74) is -1.01. The van der Waals surface area contributed by atoms with Gasteiger partial charge in [0.15, 0.2) is 0 Å². The molecule has 0 aromatic carbocycles. The van der Waals surface area contributed by atoms with E-state index in [1.807, 2.05) is 0 Å². The van der Waals surface area contributed by atoms with E-state index in [4.69, 9.17) is 0 Å². The lowest BCUT2D eigenvalue weighted by molar-refractivity contribution is -0.100. The highest BCUT2D eigenvalue weighted by atomic mass is 19.4. The van der Waals surface area contributed by atoms with Crippen LogP contribution in [0.5, 0.6) is 0 Å². The van der Waals surface area contributed by atoms with E-state index in [-0.39, 0.29) is 4.74 Å². The molecule has 12 heavy (non-hydrogen) atoms. The molecule has 1 aromatic heterocycles. The van der Waals surface area contributed by atoms with Crippen molar-refractivity contribution < 1.29 is 22.5 Å². The number of hydrogen-bond donors (Lipinski definition) is 0. The first-order valence-electron chi connectivity index (χ1n) is 2.72. The van der Waals surface area contributed by atoms with Crippen molar-refractivity contribution in [2.24, 2.45) is 0 Å². The number of rotatable bonds is 0. The van der Waals surface area contributed by atoms with E-state index in [0.717, 1.165) is 0 Å². The first kappa shape index (κ1) is 8.57. The van der Waals surface area contributed by atoms with Crippen LogP contribution in [0.3, 0.4) is 0 Å². The van der Waals surface area contributed by atoms with Gasteiger partial charge in [0, 0.05) is 6.07 Å². The van der Waals surface area contributed by atoms with E-state index < -0.39 is 17.7 Å². The molecule has 1 aromatic rings. The number of aromatic nitrogens is 1. The van der Waals surface area contributed by atoms with Gasteiger partial charge in [-0.25, -0.2) is 4.79 Å². The quantitative estimate of drug-likeness (QED) is 0.590. The smallest absolute Gasteiger partial charge is 0.329 e. The molecule has 1 rings (SSSR count). The van der Waals surface area contributed by atoms with E-state index in [2.05, 4.69) is 4.52 Å². The molecule has 0 fully saturated rings. The molecule has 0 radical (unpaired) electrons. The van der Waals surface area contributed by atoms with Gasteiger partial charge in [-0.2, -0.15) is 13.2 Å². The van der Waals surface area contributed by atoms with Gasteiger partial charge in [-0.15, -0.1) is 4.74 Å². The first-order valence-corrected chi connectivity index (χ1v) is 2.72. The predicted octanol–water partition coefficient (Wildman–Crippen LogP) is 0.644. The predicted molar refractivity (Wildman–Crippen MR) is 29.6 cm³/mol. The van der Waals surface area contributed by atoms with E-state index in [1.165, 1.54) is 0 Å². The summed E-state index contributed by atoms with van der Waals surface area (Å²) >= 11 is 0. The van der Waals surface area contributed by atoms with Crippen LogP contribution >= 0.6 is 0 Å². The minimum Gasteiger partial charge on any atom is -0.329 e. The molecule has 4 nitrogen and oxygen atoms in total. The third-order valence-corrected chi connectivity index (χ3v) is 0.977. The van der Waals surface area contributed by atoms with Crippen molar-refractivity contribution in [1.82, 2.24) is 4.74 Å². The monoisotopic (exact) mass is 181 g/mol. The minimum absolute atomic E-state index is 0.164. The van der Waals surface area contributed by atoms with Crippen molar-refractivity contribution in [3.8, 4) is 0 Å². The molecule has 0 spiro atoms. The highest BCUT2D eigenvalue weighted by molar-refractivity contribution is 5.82. The van der Waals surface area contributed by atoms with Gasteiger partial charge in [0.25, 0.3) is 0 Å². The maximum Gasteiger partial charge on any atom is 0.474 e. The van der Waals surface area contributed by atoms with Crippen LogP contribution in [0.1, 0.15) is 4.79 Å². The van der Waals surface area contributed by atoms with Crippen molar-refractivity contribution in [3.05, 3.63) is 22.7 Å². The normalized spacial score (nSPS) is 11.6. The summed E-state index contributed by atoms with van der Waals surface area (Å²) in [6.45, 7) is 0. The molecule has 0 atom stereocenters. The molecule has 0 aliphatic heterocycles. The molecule has 0 saturated carbocycles. The minimum atomic E-state index is -5.03. The summed E-state index contributed by atoms with van der Waals surface area (Å²) in [6, 6.07) is 0.712. The summed E-state index contributed by atoms with van der Waals surface area (Å²) in [4.78, 5) is 20.5. The lowest BCUT2D eigenvalue weighted by Crippen LogP contribution is -2.28. The van der Waals surface area contributed by atoms with Gasteiger partial charge in [-0.1, -0.05) is 0 Å². The van der Waals surface area contributed by atoms with Crippen molar-refractivity contribution >= 4 is 5.91 Å². The Balaban J connectivity index is 3.01. The van der Waals surface area contributed by atoms with Crippen LogP contribution in [0, 0.1) is 0 Å². The average molecular weight is 181 g/mol. The molecule has 0 aliphatic rings. The molecular formula is C5H2F3NO3. The molecule has 0 amide bonds. The van der Waals surface area contributed by atoms with Crippen molar-refractivity contribution in [2.75, 3.05) is 0 Å². The molecule has 0 bridgehead atoms. The van der Waals surface area contributed by atoms with E-state index in [9.17, 15) is 22.8 Å². The third kappa shape index (κ3) is 1.55. The Kier molecular flexibility index (Phi) is 1.79. The van der Waals surface area contributed by atoms with Crippen LogP contribution in [0.15, 0.2) is 21.6 Å². The van der Waals surface area contributed by atoms with E-state index in [1.54, 1.807) is 0 Å². The molecule has 0 unspecified atom stereocenters. The van der Waals surface area contributed by atoms with E-state index >= 15 is 0 Å². The Morgan fingerprint density at radius 1 is 1.50 bits per heavy atom. The number of alkyl halides is 3. The Bertz CT molecular complexity index is 347. The summed E-state index contributed by atoms with van der Waals surface area (Å²) in [6.07, 6.45) is -4.42. The maximum absolute atomic E-state index is 11.6. The van der Waals surface area contributed by atoms with Crippen LogP contribution in [0.4, 0.5) is 13.2 Å². The van der Waals surface area contributed by atoms with Crippen molar-refractivity contribution in [1.29, 1.82) is 0 Å². The van der Waals surface area contributed by atoms with E-state index in [0.29, 0.717) is 12.3 Å². The first-order chi connectivity index (χ1) is 5.41. The van der Waals surface area contributed by atoms with Gasteiger partial charge in [-0.3, -0.25) is 4.79 Å². The van der Waals surface area contributed by atoms with Crippen LogP contribution in [-0.4, -0.2) is 16.8 Å². The second-order valence-electron chi connectivity index (χ2n) is 1.85. The highest BCUT2D eigenvalue weighted by Gasteiger charge is 2.41. The fourth-order valence-electron chi connectivity index (χ4n) is 0.520. The highest BCUT2D eigenvalue weighted by Crippen LogP contribution is 2.16. The zero-order valence-corrected chi connectivity index (χ0v) is 5.46. The number of halogens is 3. The summed E-state index contributed by atoms with van der Waals surface area (Å²) < 4.78 is 38.5. The Labute approximate surface area is 63.2 Å². The van der Waals surface area contributed by atoms with Crippen LogP contribution < -0.4 is 5.63 Å². The number of nitrogens with zero attached hydrogens (tertiary/aromatic N) is 1. The molecule has 66 valence electrons. The Hall–Kier alpha value is -1.53. The summed E-state index contributed by atoms with van der Waals surface area (Å²) in [7, 11) is 0.